The van der Waals surface area contributed by atoms with E-state index in [0.29, 0.717) is 0 Å². The minimum absolute atomic E-state index is 0.276. The van der Waals surface area contributed by atoms with E-state index in [-0.39, 0.29) is 5.56 Å². The van der Waals surface area contributed by atoms with Gasteiger partial charge in [0, 0.05) is 11.1 Å². The van der Waals surface area contributed by atoms with Gasteiger partial charge in [-0.25, -0.2) is 4.79 Å². The number of aromatic amines is 1. The standard InChI is InChI=1S/C20H15NO3/c1-12-3-2-4-18-15(12)11-19(24-18)17-10-9-16(21-17)13-5-7-14(8-6-13)20(22)23/h2-11,21H,1H3,(H,22,23). The fourth-order valence-corrected chi connectivity index (χ4v) is 2.84. The summed E-state index contributed by atoms with van der Waals surface area (Å²) < 4.78 is 5.93. The van der Waals surface area contributed by atoms with Crippen LogP contribution in [0.15, 0.2) is 65.1 Å². The first-order valence-electron chi connectivity index (χ1n) is 7.64. The Balaban J connectivity index is 1.71. The number of carbonyl (C=O) groups is 1. The van der Waals surface area contributed by atoms with Crippen molar-refractivity contribution < 1.29 is 14.3 Å². The smallest absolute Gasteiger partial charge is 0.335 e. The second kappa shape index (κ2) is 5.42. The van der Waals surface area contributed by atoms with Crippen molar-refractivity contribution in [1.29, 1.82) is 0 Å². The van der Waals surface area contributed by atoms with E-state index in [2.05, 4.69) is 18.0 Å². The lowest BCUT2D eigenvalue weighted by atomic mass is 10.1. The molecule has 0 aliphatic heterocycles. The molecule has 0 radical (unpaired) electrons. The van der Waals surface area contributed by atoms with Crippen LogP contribution in [0.1, 0.15) is 15.9 Å². The zero-order chi connectivity index (χ0) is 16.7. The Hall–Kier alpha value is -3.27. The van der Waals surface area contributed by atoms with Gasteiger partial charge in [0.2, 0.25) is 0 Å². The van der Waals surface area contributed by atoms with Gasteiger partial charge in [0.15, 0.2) is 5.76 Å². The van der Waals surface area contributed by atoms with Crippen LogP contribution < -0.4 is 0 Å². The first kappa shape index (κ1) is 14.3. The summed E-state index contributed by atoms with van der Waals surface area (Å²) in [6.45, 7) is 2.06. The molecule has 4 heteroatoms. The normalized spacial score (nSPS) is 11.0. The molecule has 24 heavy (non-hydrogen) atoms. The van der Waals surface area contributed by atoms with Crippen molar-refractivity contribution in [1.82, 2.24) is 4.98 Å². The summed E-state index contributed by atoms with van der Waals surface area (Å²) in [7, 11) is 0. The summed E-state index contributed by atoms with van der Waals surface area (Å²) in [5, 5.41) is 10.1. The average Bonchev–Trinajstić information content (AvgIpc) is 3.22. The summed E-state index contributed by atoms with van der Waals surface area (Å²) in [6, 6.07) is 18.8. The largest absolute Gasteiger partial charge is 0.478 e. The lowest BCUT2D eigenvalue weighted by Gasteiger charge is -1.99. The van der Waals surface area contributed by atoms with Crippen LogP contribution in [-0.2, 0) is 0 Å². The minimum Gasteiger partial charge on any atom is -0.478 e. The molecule has 0 atom stereocenters. The molecule has 4 nitrogen and oxygen atoms in total. The number of fused-ring (bicyclic) bond motifs is 1. The third kappa shape index (κ3) is 2.38. The summed E-state index contributed by atoms with van der Waals surface area (Å²) in [4.78, 5) is 14.3. The highest BCUT2D eigenvalue weighted by Crippen LogP contribution is 2.31. The Morgan fingerprint density at radius 1 is 1.00 bits per heavy atom. The maximum atomic E-state index is 10.9. The van der Waals surface area contributed by atoms with Crippen LogP contribution in [-0.4, -0.2) is 16.1 Å². The number of nitrogens with one attached hydrogen (secondary N) is 1. The molecule has 0 saturated carbocycles. The maximum absolute atomic E-state index is 10.9. The number of benzene rings is 2. The van der Waals surface area contributed by atoms with Gasteiger partial charge in [0.25, 0.3) is 0 Å². The molecule has 0 aliphatic carbocycles. The summed E-state index contributed by atoms with van der Waals surface area (Å²) in [6.07, 6.45) is 0. The molecule has 2 aromatic heterocycles. The zero-order valence-corrected chi connectivity index (χ0v) is 13.0. The highest BCUT2D eigenvalue weighted by atomic mass is 16.4. The van der Waals surface area contributed by atoms with E-state index >= 15 is 0 Å². The van der Waals surface area contributed by atoms with Gasteiger partial charge in [-0.15, -0.1) is 0 Å². The molecule has 118 valence electrons. The van der Waals surface area contributed by atoms with E-state index in [9.17, 15) is 4.79 Å². The molecular weight excluding hydrogens is 302 g/mol. The van der Waals surface area contributed by atoms with Crippen molar-refractivity contribution in [2.24, 2.45) is 0 Å². The van der Waals surface area contributed by atoms with Gasteiger partial charge in [-0.2, -0.15) is 0 Å². The van der Waals surface area contributed by atoms with Gasteiger partial charge in [-0.05, 0) is 54.4 Å². The average molecular weight is 317 g/mol. The van der Waals surface area contributed by atoms with E-state index < -0.39 is 5.97 Å². The molecule has 4 aromatic rings. The number of rotatable bonds is 3. The van der Waals surface area contributed by atoms with Gasteiger partial charge in [-0.1, -0.05) is 24.3 Å². The number of aryl methyl sites for hydroxylation is 1. The van der Waals surface area contributed by atoms with Gasteiger partial charge in [0.05, 0.1) is 11.3 Å². The van der Waals surface area contributed by atoms with E-state index in [0.717, 1.165) is 33.7 Å². The lowest BCUT2D eigenvalue weighted by Crippen LogP contribution is -1.94. The van der Waals surface area contributed by atoms with E-state index in [1.807, 2.05) is 30.3 Å². The molecule has 2 N–H and O–H groups in total. The summed E-state index contributed by atoms with van der Waals surface area (Å²) >= 11 is 0. The molecule has 0 bridgehead atoms. The number of hydrogen-bond donors (Lipinski definition) is 2. The first-order valence-corrected chi connectivity index (χ1v) is 7.64. The van der Waals surface area contributed by atoms with Crippen molar-refractivity contribution in [2.75, 3.05) is 0 Å². The number of aromatic nitrogens is 1. The number of carboxylic acid groups (broad SMARTS) is 1. The van der Waals surface area contributed by atoms with Crippen LogP contribution >= 0.6 is 0 Å². The van der Waals surface area contributed by atoms with Gasteiger partial charge >= 0.3 is 5.97 Å². The van der Waals surface area contributed by atoms with Crippen molar-refractivity contribution in [3.8, 4) is 22.7 Å². The fourth-order valence-electron chi connectivity index (χ4n) is 2.84. The highest BCUT2D eigenvalue weighted by molar-refractivity contribution is 5.88. The Bertz CT molecular complexity index is 1040. The van der Waals surface area contributed by atoms with E-state index in [1.54, 1.807) is 24.3 Å². The second-order valence-electron chi connectivity index (χ2n) is 5.77. The number of furan rings is 1. The van der Waals surface area contributed by atoms with E-state index in [1.165, 1.54) is 5.56 Å². The predicted molar refractivity (Wildman–Crippen MR) is 93.1 cm³/mol. The Morgan fingerprint density at radius 3 is 2.46 bits per heavy atom. The number of carboxylic acids is 1. The number of H-pyrrole nitrogens is 1. The lowest BCUT2D eigenvalue weighted by molar-refractivity contribution is 0.0697. The maximum Gasteiger partial charge on any atom is 0.335 e. The molecule has 0 saturated heterocycles. The van der Waals surface area contributed by atoms with Crippen LogP contribution in [0.5, 0.6) is 0 Å². The molecule has 2 heterocycles. The van der Waals surface area contributed by atoms with Crippen LogP contribution in [0.2, 0.25) is 0 Å². The topological polar surface area (TPSA) is 66.2 Å². The van der Waals surface area contributed by atoms with Crippen LogP contribution in [0, 0.1) is 6.92 Å². The number of hydrogen-bond acceptors (Lipinski definition) is 2. The SMILES string of the molecule is Cc1cccc2oc(-c3ccc(-c4ccc(C(=O)O)cc4)[nH]3)cc12. The molecular formula is C20H15NO3. The molecule has 4 rings (SSSR count). The Labute approximate surface area is 138 Å². The summed E-state index contributed by atoms with van der Waals surface area (Å²) in [5.74, 6) is -0.140. The summed E-state index contributed by atoms with van der Waals surface area (Å²) in [5.41, 5.74) is 5.06. The fraction of sp³-hybridized carbons (Fsp3) is 0.0500. The Kier molecular flexibility index (Phi) is 3.24. The van der Waals surface area contributed by atoms with Crippen molar-refractivity contribution >= 4 is 16.9 Å². The van der Waals surface area contributed by atoms with Gasteiger partial charge in [-0.3, -0.25) is 0 Å². The second-order valence-corrected chi connectivity index (χ2v) is 5.77. The number of aromatic carboxylic acids is 1. The zero-order valence-electron chi connectivity index (χ0n) is 13.0. The third-order valence-corrected chi connectivity index (χ3v) is 4.17. The predicted octanol–water partition coefficient (Wildman–Crippen LogP) is 5.10. The Morgan fingerprint density at radius 2 is 1.75 bits per heavy atom. The molecule has 0 aliphatic rings. The highest BCUT2D eigenvalue weighted by Gasteiger charge is 2.11. The van der Waals surface area contributed by atoms with E-state index in [4.69, 9.17) is 9.52 Å². The molecule has 0 spiro atoms. The van der Waals surface area contributed by atoms with Gasteiger partial charge in [0.1, 0.15) is 5.58 Å². The third-order valence-electron chi connectivity index (χ3n) is 4.17. The van der Waals surface area contributed by atoms with Crippen LogP contribution in [0.3, 0.4) is 0 Å². The molecule has 0 amide bonds. The van der Waals surface area contributed by atoms with Crippen LogP contribution in [0.4, 0.5) is 0 Å². The monoisotopic (exact) mass is 317 g/mol. The van der Waals surface area contributed by atoms with Crippen molar-refractivity contribution in [3.05, 3.63) is 71.8 Å². The minimum atomic E-state index is -0.925. The van der Waals surface area contributed by atoms with Crippen molar-refractivity contribution in [2.45, 2.75) is 6.92 Å². The first-order chi connectivity index (χ1) is 11.6. The molecule has 0 unspecified atom stereocenters. The quantitative estimate of drug-likeness (QED) is 0.552. The molecule has 0 fully saturated rings. The van der Waals surface area contributed by atoms with Crippen molar-refractivity contribution in [3.63, 3.8) is 0 Å². The van der Waals surface area contributed by atoms with Crippen LogP contribution in [0.25, 0.3) is 33.7 Å². The molecule has 2 aromatic carbocycles. The van der Waals surface area contributed by atoms with Gasteiger partial charge < -0.3 is 14.5 Å².